The zero-order valence-corrected chi connectivity index (χ0v) is 18.5. The summed E-state index contributed by atoms with van der Waals surface area (Å²) in [6.45, 7) is 0. The number of halogens is 2. The highest BCUT2D eigenvalue weighted by molar-refractivity contribution is 8.00. The number of aromatic nitrogens is 2. The van der Waals surface area contributed by atoms with Gasteiger partial charge in [-0.15, -0.1) is 22.7 Å². The molecule has 4 aromatic rings. The quantitative estimate of drug-likeness (QED) is 0.303. The molecule has 1 N–H and O–H groups in total. The van der Waals surface area contributed by atoms with Crippen molar-refractivity contribution in [2.45, 2.75) is 11.3 Å². The van der Waals surface area contributed by atoms with Gasteiger partial charge in [-0.3, -0.25) is 0 Å². The van der Waals surface area contributed by atoms with E-state index in [9.17, 15) is 4.39 Å². The summed E-state index contributed by atoms with van der Waals surface area (Å²) in [5, 5.41) is 6.17. The molecule has 0 unspecified atom stereocenters. The maximum atomic E-state index is 14.5. The van der Waals surface area contributed by atoms with Crippen molar-refractivity contribution in [3.8, 4) is 0 Å². The van der Waals surface area contributed by atoms with Crippen LogP contribution in [0.25, 0.3) is 0 Å². The molecule has 2 heterocycles. The fourth-order valence-electron chi connectivity index (χ4n) is 2.61. The van der Waals surface area contributed by atoms with Crippen molar-refractivity contribution in [2.75, 3.05) is 16.7 Å². The molecule has 0 atom stereocenters. The fourth-order valence-corrected chi connectivity index (χ4v) is 4.78. The molecule has 29 heavy (non-hydrogen) atoms. The van der Waals surface area contributed by atoms with E-state index >= 15 is 0 Å². The third-order valence-electron chi connectivity index (χ3n) is 4.11. The molecular weight excluding hydrogens is 447 g/mol. The van der Waals surface area contributed by atoms with Gasteiger partial charge < -0.3 is 9.62 Å². The lowest BCUT2D eigenvalue weighted by atomic mass is 10.1. The lowest BCUT2D eigenvalue weighted by Gasteiger charge is -2.16. The van der Waals surface area contributed by atoms with Crippen LogP contribution in [0.2, 0.25) is 5.02 Å². The molecule has 0 aliphatic rings. The van der Waals surface area contributed by atoms with E-state index in [1.54, 1.807) is 12.3 Å². The summed E-state index contributed by atoms with van der Waals surface area (Å²) in [4.78, 5) is 11.2. The van der Waals surface area contributed by atoms with Gasteiger partial charge >= 0.3 is 0 Å². The second kappa shape index (κ2) is 9.13. The summed E-state index contributed by atoms with van der Waals surface area (Å²) in [6.07, 6.45) is 2.44. The number of rotatable bonds is 7. The average molecular weight is 463 g/mol. The second-order valence-electron chi connectivity index (χ2n) is 6.14. The number of hydrogen-bond acceptors (Lipinski definition) is 7. The van der Waals surface area contributed by atoms with Crippen LogP contribution in [-0.4, -0.2) is 17.0 Å². The molecule has 0 aliphatic heterocycles. The third-order valence-corrected chi connectivity index (χ3v) is 6.99. The van der Waals surface area contributed by atoms with Gasteiger partial charge in [-0.2, -0.15) is 0 Å². The SMILES string of the molecule is CN(c1ccc(SNc2nccs2)c(F)c1)c1nc(Cc2ccc(Cl)cc2)cs1. The fraction of sp³-hybridized carbons (Fsp3) is 0.100. The first-order valence-corrected chi connectivity index (χ1v) is 11.6. The van der Waals surface area contributed by atoms with Crippen molar-refractivity contribution >= 4 is 62.2 Å². The summed E-state index contributed by atoms with van der Waals surface area (Å²) in [5.41, 5.74) is 2.86. The van der Waals surface area contributed by atoms with Crippen LogP contribution >= 0.6 is 46.2 Å². The number of thiazole rings is 2. The molecule has 0 saturated carbocycles. The Morgan fingerprint density at radius 1 is 1.17 bits per heavy atom. The van der Waals surface area contributed by atoms with Crippen molar-refractivity contribution in [1.29, 1.82) is 0 Å². The first kappa shape index (κ1) is 20.2. The van der Waals surface area contributed by atoms with E-state index in [0.717, 1.165) is 38.7 Å². The van der Waals surface area contributed by atoms with Gasteiger partial charge in [-0.25, -0.2) is 14.4 Å². The largest absolute Gasteiger partial charge is 0.321 e. The van der Waals surface area contributed by atoms with Crippen molar-refractivity contribution in [2.24, 2.45) is 0 Å². The van der Waals surface area contributed by atoms with E-state index in [1.165, 1.54) is 40.7 Å². The molecule has 4 nitrogen and oxygen atoms in total. The summed E-state index contributed by atoms with van der Waals surface area (Å²) in [5.74, 6) is -0.290. The van der Waals surface area contributed by atoms with E-state index < -0.39 is 0 Å². The Balaban J connectivity index is 1.43. The molecule has 0 spiro atoms. The number of benzene rings is 2. The van der Waals surface area contributed by atoms with Crippen LogP contribution in [0.15, 0.2) is 64.3 Å². The Kier molecular flexibility index (Phi) is 6.34. The molecular formula is C20H16ClFN4S3. The zero-order chi connectivity index (χ0) is 20.2. The molecule has 2 aromatic carbocycles. The van der Waals surface area contributed by atoms with E-state index in [1.807, 2.05) is 53.0 Å². The minimum absolute atomic E-state index is 0.290. The van der Waals surface area contributed by atoms with Crippen LogP contribution in [-0.2, 0) is 6.42 Å². The monoisotopic (exact) mass is 462 g/mol. The molecule has 0 aliphatic carbocycles. The van der Waals surface area contributed by atoms with Gasteiger partial charge in [0.2, 0.25) is 0 Å². The molecule has 0 fully saturated rings. The van der Waals surface area contributed by atoms with Crippen LogP contribution in [0, 0.1) is 5.82 Å². The number of anilines is 3. The van der Waals surface area contributed by atoms with Gasteiger partial charge in [0.25, 0.3) is 0 Å². The van der Waals surface area contributed by atoms with Gasteiger partial charge in [-0.05, 0) is 47.8 Å². The molecule has 2 aromatic heterocycles. The van der Waals surface area contributed by atoms with Gasteiger partial charge in [-0.1, -0.05) is 23.7 Å². The van der Waals surface area contributed by atoms with E-state index in [2.05, 4.69) is 9.71 Å². The maximum absolute atomic E-state index is 14.5. The van der Waals surface area contributed by atoms with E-state index in [4.69, 9.17) is 16.6 Å². The lowest BCUT2D eigenvalue weighted by molar-refractivity contribution is 0.602. The highest BCUT2D eigenvalue weighted by Gasteiger charge is 2.13. The molecule has 0 saturated heterocycles. The van der Waals surface area contributed by atoms with Crippen LogP contribution in [0.5, 0.6) is 0 Å². The standard InChI is InChI=1S/C20H16ClFN4S3/c1-26(20-24-15(12-28-20)10-13-2-4-14(21)5-3-13)16-6-7-18(17(22)11-16)29-25-19-23-8-9-27-19/h2-9,11-12H,10H2,1H3,(H,23,25). The van der Waals surface area contributed by atoms with Gasteiger partial charge in [0, 0.05) is 41.1 Å². The van der Waals surface area contributed by atoms with Crippen LogP contribution < -0.4 is 9.62 Å². The van der Waals surface area contributed by atoms with Crippen molar-refractivity contribution in [3.05, 3.63) is 81.5 Å². The Morgan fingerprint density at radius 3 is 2.72 bits per heavy atom. The van der Waals surface area contributed by atoms with Crippen LogP contribution in [0.4, 0.5) is 20.3 Å². The topological polar surface area (TPSA) is 41.0 Å². The summed E-state index contributed by atoms with van der Waals surface area (Å²) < 4.78 is 17.6. The Hall–Kier alpha value is -2.13. The van der Waals surface area contributed by atoms with Crippen molar-refractivity contribution < 1.29 is 4.39 Å². The van der Waals surface area contributed by atoms with Crippen LogP contribution in [0.1, 0.15) is 11.3 Å². The molecule has 148 valence electrons. The Morgan fingerprint density at radius 2 is 2.00 bits per heavy atom. The highest BCUT2D eigenvalue weighted by atomic mass is 35.5. The molecule has 0 radical (unpaired) electrons. The highest BCUT2D eigenvalue weighted by Crippen LogP contribution is 2.32. The molecule has 0 amide bonds. The number of hydrogen-bond donors (Lipinski definition) is 1. The van der Waals surface area contributed by atoms with E-state index in [0.29, 0.717) is 4.90 Å². The predicted molar refractivity (Wildman–Crippen MR) is 122 cm³/mol. The maximum Gasteiger partial charge on any atom is 0.192 e. The zero-order valence-electron chi connectivity index (χ0n) is 15.3. The third kappa shape index (κ3) is 5.08. The summed E-state index contributed by atoms with van der Waals surface area (Å²) in [6, 6.07) is 12.9. The first-order chi connectivity index (χ1) is 14.1. The van der Waals surface area contributed by atoms with Gasteiger partial charge in [0.15, 0.2) is 10.3 Å². The van der Waals surface area contributed by atoms with Gasteiger partial charge in [0.05, 0.1) is 10.6 Å². The Bertz CT molecular complexity index is 1080. The van der Waals surface area contributed by atoms with E-state index in [-0.39, 0.29) is 5.82 Å². The minimum atomic E-state index is -0.290. The Labute approximate surface area is 185 Å². The number of nitrogens with one attached hydrogen (secondary N) is 1. The second-order valence-corrected chi connectivity index (χ2v) is 9.16. The predicted octanol–water partition coefficient (Wildman–Crippen LogP) is 6.87. The molecule has 4 rings (SSSR count). The first-order valence-electron chi connectivity index (χ1n) is 8.63. The van der Waals surface area contributed by atoms with Gasteiger partial charge in [0.1, 0.15) is 5.82 Å². The number of nitrogens with zero attached hydrogens (tertiary/aromatic N) is 3. The average Bonchev–Trinajstić information content (AvgIpc) is 3.40. The lowest BCUT2D eigenvalue weighted by Crippen LogP contribution is -2.09. The smallest absolute Gasteiger partial charge is 0.192 e. The minimum Gasteiger partial charge on any atom is -0.321 e. The summed E-state index contributed by atoms with van der Waals surface area (Å²) >= 11 is 10.2. The van der Waals surface area contributed by atoms with Crippen molar-refractivity contribution in [1.82, 2.24) is 9.97 Å². The molecule has 0 bridgehead atoms. The summed E-state index contributed by atoms with van der Waals surface area (Å²) in [7, 11) is 1.89. The molecule has 9 heteroatoms. The van der Waals surface area contributed by atoms with Crippen LogP contribution in [0.3, 0.4) is 0 Å². The normalized spacial score (nSPS) is 10.9. The van der Waals surface area contributed by atoms with Crippen molar-refractivity contribution in [3.63, 3.8) is 0 Å².